The van der Waals surface area contributed by atoms with Crippen molar-refractivity contribution in [1.29, 1.82) is 0 Å². The summed E-state index contributed by atoms with van der Waals surface area (Å²) in [6, 6.07) is 5.73. The van der Waals surface area contributed by atoms with Crippen LogP contribution >= 0.6 is 43.5 Å². The standard InChI is InChI=1S/C14H16Br2ClNO/c15-5-4-13-3-1-2-6-18(13)14(19)10-7-11(16)9-12(17)8-10/h7-9,13H,1-6H2. The highest BCUT2D eigenvalue weighted by atomic mass is 79.9. The van der Waals surface area contributed by atoms with Crippen LogP contribution in [-0.4, -0.2) is 28.7 Å². The number of rotatable bonds is 3. The Balaban J connectivity index is 2.20. The molecule has 1 unspecified atom stereocenters. The summed E-state index contributed by atoms with van der Waals surface area (Å²) in [6.07, 6.45) is 4.40. The molecule has 5 heteroatoms. The second-order valence-corrected chi connectivity index (χ2v) is 6.93. The minimum Gasteiger partial charge on any atom is -0.336 e. The van der Waals surface area contributed by atoms with Crippen LogP contribution in [0.15, 0.2) is 22.7 Å². The SMILES string of the molecule is O=C(c1cc(Cl)cc(Br)c1)N1CCCCC1CCBr. The molecule has 0 aromatic heterocycles. The van der Waals surface area contributed by atoms with E-state index in [1.54, 1.807) is 12.1 Å². The quantitative estimate of drug-likeness (QED) is 0.652. The number of likely N-dealkylation sites (tertiary alicyclic amines) is 1. The number of piperidine rings is 1. The van der Waals surface area contributed by atoms with Crippen molar-refractivity contribution < 1.29 is 4.79 Å². The van der Waals surface area contributed by atoms with Gasteiger partial charge in [-0.3, -0.25) is 4.79 Å². The van der Waals surface area contributed by atoms with Crippen molar-refractivity contribution in [3.8, 4) is 0 Å². The predicted octanol–water partition coefficient (Wildman–Crippen LogP) is 4.88. The molecule has 2 rings (SSSR count). The second kappa shape index (κ2) is 7.09. The Bertz CT molecular complexity index is 445. The molecule has 0 N–H and O–H groups in total. The molecule has 1 aliphatic heterocycles. The Morgan fingerprint density at radius 2 is 2.16 bits per heavy atom. The molecule has 0 aliphatic carbocycles. The number of amides is 1. The Hall–Kier alpha value is -0.0600. The van der Waals surface area contributed by atoms with Gasteiger partial charge in [0.1, 0.15) is 0 Å². The summed E-state index contributed by atoms with van der Waals surface area (Å²) >= 11 is 12.9. The van der Waals surface area contributed by atoms with E-state index in [1.807, 2.05) is 11.0 Å². The maximum atomic E-state index is 12.6. The summed E-state index contributed by atoms with van der Waals surface area (Å²) < 4.78 is 0.845. The topological polar surface area (TPSA) is 20.3 Å². The van der Waals surface area contributed by atoms with Crippen LogP contribution in [0.3, 0.4) is 0 Å². The molecule has 2 nitrogen and oxygen atoms in total. The molecule has 19 heavy (non-hydrogen) atoms. The molecule has 1 heterocycles. The summed E-state index contributed by atoms with van der Waals surface area (Å²) in [6.45, 7) is 0.848. The lowest BCUT2D eigenvalue weighted by Crippen LogP contribution is -2.43. The summed E-state index contributed by atoms with van der Waals surface area (Å²) in [4.78, 5) is 14.6. The fraction of sp³-hybridized carbons (Fsp3) is 0.500. The second-order valence-electron chi connectivity index (χ2n) is 4.78. The van der Waals surface area contributed by atoms with Gasteiger partial charge in [0.2, 0.25) is 0 Å². The Kier molecular flexibility index (Phi) is 5.72. The van der Waals surface area contributed by atoms with Crippen LogP contribution in [0.25, 0.3) is 0 Å². The zero-order valence-electron chi connectivity index (χ0n) is 10.5. The first kappa shape index (κ1) is 15.3. The monoisotopic (exact) mass is 407 g/mol. The summed E-state index contributed by atoms with van der Waals surface area (Å²) in [5.41, 5.74) is 0.667. The Labute approximate surface area is 135 Å². The van der Waals surface area contributed by atoms with Crippen molar-refractivity contribution in [3.05, 3.63) is 33.3 Å². The van der Waals surface area contributed by atoms with Crippen molar-refractivity contribution in [3.63, 3.8) is 0 Å². The van der Waals surface area contributed by atoms with Gasteiger partial charge in [0.05, 0.1) is 0 Å². The fourth-order valence-electron chi connectivity index (χ4n) is 2.54. The van der Waals surface area contributed by atoms with Gasteiger partial charge in [-0.25, -0.2) is 0 Å². The summed E-state index contributed by atoms with van der Waals surface area (Å²) in [5, 5.41) is 1.52. The van der Waals surface area contributed by atoms with Gasteiger partial charge < -0.3 is 4.90 Å². The highest BCUT2D eigenvalue weighted by Crippen LogP contribution is 2.25. The Morgan fingerprint density at radius 3 is 2.84 bits per heavy atom. The van der Waals surface area contributed by atoms with Crippen LogP contribution in [0.4, 0.5) is 0 Å². The first-order valence-corrected chi connectivity index (χ1v) is 8.74. The van der Waals surface area contributed by atoms with Gasteiger partial charge in [-0.1, -0.05) is 43.5 Å². The maximum Gasteiger partial charge on any atom is 0.254 e. The van der Waals surface area contributed by atoms with Gasteiger partial charge in [-0.05, 0) is 43.9 Å². The van der Waals surface area contributed by atoms with E-state index in [0.717, 1.165) is 35.6 Å². The third-order valence-electron chi connectivity index (χ3n) is 3.44. The lowest BCUT2D eigenvalue weighted by atomic mass is 9.99. The van der Waals surface area contributed by atoms with E-state index in [0.29, 0.717) is 16.6 Å². The number of carbonyl (C=O) groups is 1. The lowest BCUT2D eigenvalue weighted by Gasteiger charge is -2.35. The van der Waals surface area contributed by atoms with Crippen LogP contribution in [0.5, 0.6) is 0 Å². The van der Waals surface area contributed by atoms with Gasteiger partial charge in [0.15, 0.2) is 0 Å². The van der Waals surface area contributed by atoms with Gasteiger partial charge >= 0.3 is 0 Å². The predicted molar refractivity (Wildman–Crippen MR) is 86.2 cm³/mol. The largest absolute Gasteiger partial charge is 0.336 e. The smallest absolute Gasteiger partial charge is 0.254 e. The number of hydrogen-bond donors (Lipinski definition) is 0. The fourth-order valence-corrected chi connectivity index (χ4v) is 3.93. The number of halogens is 3. The Morgan fingerprint density at radius 1 is 1.37 bits per heavy atom. The van der Waals surface area contributed by atoms with Crippen LogP contribution in [0.1, 0.15) is 36.0 Å². The molecule has 1 aliphatic rings. The molecular formula is C14H16Br2ClNO. The first-order chi connectivity index (χ1) is 9.11. The zero-order valence-corrected chi connectivity index (χ0v) is 14.5. The molecule has 1 saturated heterocycles. The lowest BCUT2D eigenvalue weighted by molar-refractivity contribution is 0.0610. The number of alkyl halides is 1. The van der Waals surface area contributed by atoms with Gasteiger partial charge in [-0.2, -0.15) is 0 Å². The molecule has 1 aromatic carbocycles. The average Bonchev–Trinajstić information content (AvgIpc) is 2.38. The third kappa shape index (κ3) is 3.96. The number of benzene rings is 1. The molecule has 1 amide bonds. The number of hydrogen-bond acceptors (Lipinski definition) is 1. The van der Waals surface area contributed by atoms with Crippen LogP contribution < -0.4 is 0 Å². The molecule has 0 bridgehead atoms. The molecule has 1 atom stereocenters. The number of nitrogens with zero attached hydrogens (tertiary/aromatic N) is 1. The van der Waals surface area contributed by atoms with E-state index in [4.69, 9.17) is 11.6 Å². The van der Waals surface area contributed by atoms with Gasteiger partial charge in [0.25, 0.3) is 5.91 Å². The number of carbonyl (C=O) groups excluding carboxylic acids is 1. The maximum absolute atomic E-state index is 12.6. The van der Waals surface area contributed by atoms with Crippen LogP contribution in [0, 0.1) is 0 Å². The highest BCUT2D eigenvalue weighted by molar-refractivity contribution is 9.10. The normalized spacial score (nSPS) is 19.5. The van der Waals surface area contributed by atoms with E-state index in [9.17, 15) is 4.79 Å². The van der Waals surface area contributed by atoms with Crippen molar-refractivity contribution >= 4 is 49.4 Å². The zero-order chi connectivity index (χ0) is 13.8. The molecule has 1 fully saturated rings. The minimum atomic E-state index is 0.0915. The van der Waals surface area contributed by atoms with Crippen LogP contribution in [-0.2, 0) is 0 Å². The van der Waals surface area contributed by atoms with Crippen molar-refractivity contribution in [2.45, 2.75) is 31.7 Å². The molecular weight excluding hydrogens is 393 g/mol. The van der Waals surface area contributed by atoms with E-state index >= 15 is 0 Å². The van der Waals surface area contributed by atoms with E-state index in [-0.39, 0.29) is 5.91 Å². The van der Waals surface area contributed by atoms with E-state index in [1.165, 1.54) is 6.42 Å². The van der Waals surface area contributed by atoms with Crippen molar-refractivity contribution in [1.82, 2.24) is 4.90 Å². The average molecular weight is 410 g/mol. The molecule has 0 spiro atoms. The van der Waals surface area contributed by atoms with Crippen LogP contribution in [0.2, 0.25) is 5.02 Å². The minimum absolute atomic E-state index is 0.0915. The van der Waals surface area contributed by atoms with E-state index in [2.05, 4.69) is 31.9 Å². The summed E-state index contributed by atoms with van der Waals surface area (Å²) in [7, 11) is 0. The third-order valence-corrected chi connectivity index (χ3v) is 4.57. The molecule has 0 saturated carbocycles. The van der Waals surface area contributed by atoms with Gasteiger partial charge in [0, 0.05) is 33.0 Å². The highest BCUT2D eigenvalue weighted by Gasteiger charge is 2.27. The molecule has 1 aromatic rings. The summed E-state index contributed by atoms with van der Waals surface area (Å²) in [5.74, 6) is 0.0915. The molecule has 104 valence electrons. The molecule has 0 radical (unpaired) electrons. The van der Waals surface area contributed by atoms with E-state index < -0.39 is 0 Å². The van der Waals surface area contributed by atoms with Crippen molar-refractivity contribution in [2.24, 2.45) is 0 Å². The first-order valence-electron chi connectivity index (χ1n) is 6.45. The van der Waals surface area contributed by atoms with Crippen molar-refractivity contribution in [2.75, 3.05) is 11.9 Å². The van der Waals surface area contributed by atoms with Gasteiger partial charge in [-0.15, -0.1) is 0 Å².